The SMILES string of the molecule is Cc1nn(C(C)(C)C)c2c1C(c1ccc3c(c1)OCO3)C1C(=O)CC(C)(C)CC1=N2. The van der Waals surface area contributed by atoms with Gasteiger partial charge < -0.3 is 9.47 Å². The van der Waals surface area contributed by atoms with Gasteiger partial charge in [-0.1, -0.05) is 19.9 Å². The van der Waals surface area contributed by atoms with Crippen molar-refractivity contribution >= 4 is 17.3 Å². The Kier molecular flexibility index (Phi) is 3.99. The van der Waals surface area contributed by atoms with E-state index in [0.29, 0.717) is 6.42 Å². The average Bonchev–Trinajstić information content (AvgIpc) is 3.22. The van der Waals surface area contributed by atoms with Crippen LogP contribution in [0.3, 0.4) is 0 Å². The number of fused-ring (bicyclic) bond motifs is 3. The van der Waals surface area contributed by atoms with E-state index in [1.165, 1.54) is 0 Å². The molecule has 158 valence electrons. The number of carbonyl (C=O) groups is 1. The van der Waals surface area contributed by atoms with E-state index >= 15 is 0 Å². The third-order valence-electron chi connectivity index (χ3n) is 6.38. The molecule has 6 nitrogen and oxygen atoms in total. The predicted octanol–water partition coefficient (Wildman–Crippen LogP) is 4.90. The summed E-state index contributed by atoms with van der Waals surface area (Å²) in [6, 6.07) is 6.04. The molecule has 1 aliphatic carbocycles. The molecule has 0 N–H and O–H groups in total. The van der Waals surface area contributed by atoms with Crippen molar-refractivity contribution in [3.8, 4) is 11.5 Å². The molecule has 1 fully saturated rings. The van der Waals surface area contributed by atoms with Crippen LogP contribution in [0.1, 0.15) is 70.2 Å². The standard InChI is InChI=1S/C24H29N3O3/c1-13-19-20(14-7-8-17-18(9-14)30-12-29-17)21-15(10-24(5,6)11-16(21)28)25-22(19)27(26-13)23(2,3)4/h7-9,20-21H,10-12H2,1-6H3. The number of Topliss-reactive ketones (excluding diaryl/α,β-unsaturated/α-hetero) is 1. The highest BCUT2D eigenvalue weighted by molar-refractivity contribution is 6.11. The van der Waals surface area contributed by atoms with Crippen LogP contribution in [0, 0.1) is 18.3 Å². The highest BCUT2D eigenvalue weighted by Gasteiger charge is 2.48. The van der Waals surface area contributed by atoms with Gasteiger partial charge in [-0.05, 0) is 57.2 Å². The first kappa shape index (κ1) is 19.3. The molecule has 1 aromatic carbocycles. The first-order valence-electron chi connectivity index (χ1n) is 10.6. The maximum absolute atomic E-state index is 13.4. The van der Waals surface area contributed by atoms with Gasteiger partial charge >= 0.3 is 0 Å². The molecule has 0 spiro atoms. The molecule has 1 saturated carbocycles. The van der Waals surface area contributed by atoms with Gasteiger partial charge in [0.25, 0.3) is 0 Å². The molecule has 2 unspecified atom stereocenters. The smallest absolute Gasteiger partial charge is 0.231 e. The minimum Gasteiger partial charge on any atom is -0.454 e. The van der Waals surface area contributed by atoms with Crippen LogP contribution in [0.25, 0.3) is 0 Å². The summed E-state index contributed by atoms with van der Waals surface area (Å²) in [5, 5.41) is 4.87. The van der Waals surface area contributed by atoms with Crippen LogP contribution in [0.4, 0.5) is 5.82 Å². The third kappa shape index (κ3) is 2.88. The molecule has 2 atom stereocenters. The molecule has 30 heavy (non-hydrogen) atoms. The monoisotopic (exact) mass is 407 g/mol. The summed E-state index contributed by atoms with van der Waals surface area (Å²) in [7, 11) is 0. The van der Waals surface area contributed by atoms with E-state index in [4.69, 9.17) is 19.6 Å². The van der Waals surface area contributed by atoms with E-state index in [2.05, 4.69) is 40.7 Å². The zero-order chi connectivity index (χ0) is 21.4. The number of aromatic nitrogens is 2. The van der Waals surface area contributed by atoms with E-state index in [1.807, 2.05) is 23.7 Å². The lowest BCUT2D eigenvalue weighted by atomic mass is 9.64. The Balaban J connectivity index is 1.75. The second-order valence-corrected chi connectivity index (χ2v) is 10.6. The van der Waals surface area contributed by atoms with Gasteiger partial charge in [0.2, 0.25) is 6.79 Å². The largest absolute Gasteiger partial charge is 0.454 e. The first-order valence-corrected chi connectivity index (χ1v) is 10.6. The Morgan fingerprint density at radius 2 is 1.83 bits per heavy atom. The van der Waals surface area contributed by atoms with E-state index in [1.54, 1.807) is 0 Å². The van der Waals surface area contributed by atoms with Gasteiger partial charge in [0.1, 0.15) is 5.78 Å². The van der Waals surface area contributed by atoms with Crippen LogP contribution in [-0.4, -0.2) is 28.1 Å². The number of nitrogens with zero attached hydrogens (tertiary/aromatic N) is 3. The van der Waals surface area contributed by atoms with Crippen molar-refractivity contribution in [2.24, 2.45) is 16.3 Å². The molecule has 2 aliphatic heterocycles. The van der Waals surface area contributed by atoms with E-state index in [9.17, 15) is 4.79 Å². The number of rotatable bonds is 1. The maximum atomic E-state index is 13.4. The Labute approximate surface area is 177 Å². The van der Waals surface area contributed by atoms with Crippen LogP contribution in [0.2, 0.25) is 0 Å². The summed E-state index contributed by atoms with van der Waals surface area (Å²) in [6.07, 6.45) is 1.39. The van der Waals surface area contributed by atoms with Gasteiger partial charge in [0.05, 0.1) is 17.2 Å². The summed E-state index contributed by atoms with van der Waals surface area (Å²) in [6.45, 7) is 13.0. The van der Waals surface area contributed by atoms with E-state index in [-0.39, 0.29) is 35.4 Å². The number of hydrogen-bond acceptors (Lipinski definition) is 5. The fourth-order valence-electron chi connectivity index (χ4n) is 5.15. The van der Waals surface area contributed by atoms with Gasteiger partial charge in [-0.3, -0.25) is 4.79 Å². The van der Waals surface area contributed by atoms with Crippen molar-refractivity contribution < 1.29 is 14.3 Å². The van der Waals surface area contributed by atoms with Crippen molar-refractivity contribution in [1.29, 1.82) is 0 Å². The zero-order valence-corrected chi connectivity index (χ0v) is 18.6. The average molecular weight is 408 g/mol. The van der Waals surface area contributed by atoms with Crippen molar-refractivity contribution in [3.63, 3.8) is 0 Å². The number of aliphatic imine (C=N–C) groups is 1. The topological polar surface area (TPSA) is 65.7 Å². The zero-order valence-electron chi connectivity index (χ0n) is 18.6. The molecule has 0 saturated heterocycles. The fourth-order valence-corrected chi connectivity index (χ4v) is 5.15. The molecule has 5 rings (SSSR count). The Morgan fingerprint density at radius 3 is 2.57 bits per heavy atom. The van der Waals surface area contributed by atoms with Crippen LogP contribution in [0.15, 0.2) is 23.2 Å². The number of hydrogen-bond donors (Lipinski definition) is 0. The van der Waals surface area contributed by atoms with Crippen LogP contribution in [-0.2, 0) is 10.3 Å². The maximum Gasteiger partial charge on any atom is 0.231 e. The summed E-state index contributed by atoms with van der Waals surface area (Å²) in [5.41, 5.74) is 3.75. The summed E-state index contributed by atoms with van der Waals surface area (Å²) < 4.78 is 13.2. The molecule has 2 aromatic rings. The number of benzene rings is 1. The Morgan fingerprint density at radius 1 is 1.10 bits per heavy atom. The molecular weight excluding hydrogens is 378 g/mol. The highest BCUT2D eigenvalue weighted by Crippen LogP contribution is 2.51. The Hall–Kier alpha value is -2.63. The van der Waals surface area contributed by atoms with Crippen LogP contribution in [0.5, 0.6) is 11.5 Å². The lowest BCUT2D eigenvalue weighted by Gasteiger charge is -2.40. The lowest BCUT2D eigenvalue weighted by Crippen LogP contribution is -2.42. The molecule has 0 radical (unpaired) electrons. The van der Waals surface area contributed by atoms with Gasteiger partial charge in [-0.2, -0.15) is 5.10 Å². The normalized spacial score (nSPS) is 24.3. The lowest BCUT2D eigenvalue weighted by molar-refractivity contribution is -0.124. The van der Waals surface area contributed by atoms with Gasteiger partial charge in [0.15, 0.2) is 17.3 Å². The molecule has 3 heterocycles. The first-order chi connectivity index (χ1) is 14.0. The minimum atomic E-state index is -0.248. The molecular formula is C24H29N3O3. The molecule has 1 aromatic heterocycles. The van der Waals surface area contributed by atoms with Crippen molar-refractivity contribution in [1.82, 2.24) is 9.78 Å². The van der Waals surface area contributed by atoms with Crippen LogP contribution >= 0.6 is 0 Å². The van der Waals surface area contributed by atoms with Crippen molar-refractivity contribution in [2.75, 3.05) is 6.79 Å². The number of carbonyl (C=O) groups excluding carboxylic acids is 1. The summed E-state index contributed by atoms with van der Waals surface area (Å²) >= 11 is 0. The molecule has 6 heteroatoms. The Bertz CT molecular complexity index is 1090. The third-order valence-corrected chi connectivity index (χ3v) is 6.38. The number of ether oxygens (including phenoxy) is 2. The summed E-state index contributed by atoms with van der Waals surface area (Å²) in [5.74, 6) is 2.29. The fraction of sp³-hybridized carbons (Fsp3) is 0.542. The quantitative estimate of drug-likeness (QED) is 0.674. The van der Waals surface area contributed by atoms with Crippen LogP contribution < -0.4 is 9.47 Å². The second-order valence-electron chi connectivity index (χ2n) is 10.6. The summed E-state index contributed by atoms with van der Waals surface area (Å²) in [4.78, 5) is 18.5. The molecule has 0 bridgehead atoms. The van der Waals surface area contributed by atoms with Gasteiger partial charge in [-0.25, -0.2) is 9.67 Å². The van der Waals surface area contributed by atoms with E-state index in [0.717, 1.165) is 46.3 Å². The minimum absolute atomic E-state index is 0.0784. The number of aryl methyl sites for hydroxylation is 1. The van der Waals surface area contributed by atoms with Gasteiger partial charge in [-0.15, -0.1) is 0 Å². The van der Waals surface area contributed by atoms with Crippen molar-refractivity contribution in [3.05, 3.63) is 35.0 Å². The molecule has 3 aliphatic rings. The highest BCUT2D eigenvalue weighted by atomic mass is 16.7. The second kappa shape index (κ2) is 6.19. The molecule has 0 amide bonds. The number of ketones is 1. The predicted molar refractivity (Wildman–Crippen MR) is 115 cm³/mol. The van der Waals surface area contributed by atoms with E-state index < -0.39 is 0 Å². The van der Waals surface area contributed by atoms with Gasteiger partial charge in [0, 0.05) is 23.6 Å². The van der Waals surface area contributed by atoms with Crippen molar-refractivity contribution in [2.45, 2.75) is 65.8 Å².